The van der Waals surface area contributed by atoms with E-state index in [9.17, 15) is 22.0 Å². The van der Waals surface area contributed by atoms with Gasteiger partial charge in [-0.15, -0.1) is 11.3 Å². The van der Waals surface area contributed by atoms with Crippen LogP contribution in [0.5, 0.6) is 0 Å². The number of nitrogens with one attached hydrogen (secondary N) is 2. The predicted octanol–water partition coefficient (Wildman–Crippen LogP) is 3.46. The number of fused-ring (bicyclic) bond motifs is 1. The Hall–Kier alpha value is -2.89. The van der Waals surface area contributed by atoms with Crippen molar-refractivity contribution in [2.75, 3.05) is 23.6 Å². The lowest BCUT2D eigenvalue weighted by atomic mass is 10.2. The van der Waals surface area contributed by atoms with Crippen molar-refractivity contribution in [3.63, 3.8) is 0 Å². The largest absolute Gasteiger partial charge is 0.301 e. The number of nitrogens with zero attached hydrogens (tertiary/aromatic N) is 2. The molecule has 1 aliphatic heterocycles. The first-order valence-electron chi connectivity index (χ1n) is 9.28. The monoisotopic (exact) mass is 464 g/mol. The average molecular weight is 465 g/mol. The molecule has 0 atom stereocenters. The summed E-state index contributed by atoms with van der Waals surface area (Å²) in [6.45, 7) is 1.72. The van der Waals surface area contributed by atoms with Crippen LogP contribution in [0.2, 0.25) is 0 Å². The van der Waals surface area contributed by atoms with Gasteiger partial charge in [-0.05, 0) is 49.5 Å². The van der Waals surface area contributed by atoms with Crippen molar-refractivity contribution in [2.45, 2.75) is 17.9 Å². The Morgan fingerprint density at radius 3 is 2.58 bits per heavy atom. The van der Waals surface area contributed by atoms with Gasteiger partial charge in [-0.3, -0.25) is 14.8 Å². The van der Waals surface area contributed by atoms with Crippen LogP contribution in [-0.4, -0.2) is 37.8 Å². The third-order valence-electron chi connectivity index (χ3n) is 4.74. The maximum absolute atomic E-state index is 13.3. The molecule has 1 aromatic heterocycles. The molecule has 7 nitrogen and oxygen atoms in total. The van der Waals surface area contributed by atoms with Gasteiger partial charge in [0.25, 0.3) is 15.9 Å². The molecule has 31 heavy (non-hydrogen) atoms. The molecule has 2 aromatic carbocycles. The number of sulfonamides is 1. The maximum Gasteiger partial charge on any atom is 0.261 e. The summed E-state index contributed by atoms with van der Waals surface area (Å²) in [6.07, 6.45) is 0.838. The Labute approximate surface area is 181 Å². The van der Waals surface area contributed by atoms with Crippen molar-refractivity contribution in [3.05, 3.63) is 70.2 Å². The third kappa shape index (κ3) is 4.73. The first-order valence-corrected chi connectivity index (χ1v) is 11.6. The van der Waals surface area contributed by atoms with Crippen LogP contribution in [0, 0.1) is 11.6 Å². The number of halogens is 2. The first kappa shape index (κ1) is 21.3. The minimum absolute atomic E-state index is 0.175. The maximum atomic E-state index is 13.3. The summed E-state index contributed by atoms with van der Waals surface area (Å²) < 4.78 is 53.4. The van der Waals surface area contributed by atoms with E-state index in [4.69, 9.17) is 0 Å². The van der Waals surface area contributed by atoms with Gasteiger partial charge < -0.3 is 4.90 Å². The number of benzene rings is 2. The molecule has 162 valence electrons. The number of anilines is 2. The number of amides is 1. The molecule has 0 bridgehead atoms. The highest BCUT2D eigenvalue weighted by Gasteiger charge is 2.20. The quantitative estimate of drug-likeness (QED) is 0.604. The van der Waals surface area contributed by atoms with E-state index in [2.05, 4.69) is 19.9 Å². The second-order valence-corrected chi connectivity index (χ2v) is 9.86. The predicted molar refractivity (Wildman–Crippen MR) is 114 cm³/mol. The number of thiazole rings is 1. The molecule has 0 fully saturated rings. The molecule has 4 rings (SSSR count). The molecule has 3 aromatic rings. The fourth-order valence-electron chi connectivity index (χ4n) is 3.09. The van der Waals surface area contributed by atoms with Gasteiger partial charge in [0.15, 0.2) is 16.8 Å². The van der Waals surface area contributed by atoms with Gasteiger partial charge >= 0.3 is 0 Å². The molecule has 0 spiro atoms. The van der Waals surface area contributed by atoms with Crippen LogP contribution in [0.15, 0.2) is 47.4 Å². The van der Waals surface area contributed by atoms with Gasteiger partial charge in [-0.1, -0.05) is 0 Å². The van der Waals surface area contributed by atoms with Crippen LogP contribution in [-0.2, 0) is 23.0 Å². The topological polar surface area (TPSA) is 91.4 Å². The third-order valence-corrected chi connectivity index (χ3v) is 7.12. The highest BCUT2D eigenvalue weighted by atomic mass is 32.2. The summed E-state index contributed by atoms with van der Waals surface area (Å²) in [5.74, 6) is -2.76. The second kappa shape index (κ2) is 8.33. The van der Waals surface area contributed by atoms with Crippen LogP contribution >= 0.6 is 11.3 Å². The molecular weight excluding hydrogens is 446 g/mol. The number of likely N-dealkylation sites (N-methyl/N-ethyl adjacent to an activating group) is 1. The second-order valence-electron chi connectivity index (χ2n) is 7.09. The standard InChI is InChI=1S/C20H18F2N4O3S2/c1-26-9-8-17-18(11-26)30-20(23-17)24-19(27)12-2-4-13(5-3-12)25-31(28,29)14-6-7-15(21)16(22)10-14/h2-7,10,25H,8-9,11H2,1H3,(H,23,24,27). The van der Waals surface area contributed by atoms with Crippen molar-refractivity contribution in [1.29, 1.82) is 0 Å². The number of rotatable bonds is 5. The van der Waals surface area contributed by atoms with Crippen molar-refractivity contribution in [2.24, 2.45) is 0 Å². The van der Waals surface area contributed by atoms with Crippen LogP contribution in [0.3, 0.4) is 0 Å². The summed E-state index contributed by atoms with van der Waals surface area (Å²) in [5, 5.41) is 3.29. The van der Waals surface area contributed by atoms with Gasteiger partial charge in [0.1, 0.15) is 0 Å². The molecule has 0 radical (unpaired) electrons. The normalized spacial score (nSPS) is 14.2. The Morgan fingerprint density at radius 1 is 1.13 bits per heavy atom. The molecule has 11 heteroatoms. The highest BCUT2D eigenvalue weighted by Crippen LogP contribution is 2.28. The smallest absolute Gasteiger partial charge is 0.261 e. The molecule has 0 unspecified atom stereocenters. The van der Waals surface area contributed by atoms with E-state index in [0.717, 1.165) is 42.2 Å². The molecule has 0 saturated heterocycles. The van der Waals surface area contributed by atoms with E-state index in [1.54, 1.807) is 0 Å². The van der Waals surface area contributed by atoms with Crippen LogP contribution in [0.1, 0.15) is 20.9 Å². The van der Waals surface area contributed by atoms with Crippen LogP contribution in [0.25, 0.3) is 0 Å². The fourth-order valence-corrected chi connectivity index (χ4v) is 5.25. The van der Waals surface area contributed by atoms with Crippen molar-refractivity contribution >= 4 is 38.1 Å². The molecule has 1 amide bonds. The van der Waals surface area contributed by atoms with Crippen LogP contribution < -0.4 is 10.0 Å². The molecule has 0 aliphatic carbocycles. The van der Waals surface area contributed by atoms with Gasteiger partial charge in [-0.2, -0.15) is 0 Å². The first-order chi connectivity index (χ1) is 14.7. The van der Waals surface area contributed by atoms with E-state index in [0.29, 0.717) is 16.8 Å². The number of carbonyl (C=O) groups excluding carboxylic acids is 1. The SMILES string of the molecule is CN1CCc2nc(NC(=O)c3ccc(NS(=O)(=O)c4ccc(F)c(F)c4)cc3)sc2C1. The lowest BCUT2D eigenvalue weighted by Crippen LogP contribution is -2.25. The number of hydrogen-bond donors (Lipinski definition) is 2. The minimum atomic E-state index is -4.11. The van der Waals surface area contributed by atoms with E-state index in [1.165, 1.54) is 35.6 Å². The van der Waals surface area contributed by atoms with Gasteiger partial charge in [0, 0.05) is 35.6 Å². The summed E-state index contributed by atoms with van der Waals surface area (Å²) in [6, 6.07) is 8.05. The minimum Gasteiger partial charge on any atom is -0.301 e. The van der Waals surface area contributed by atoms with Crippen molar-refractivity contribution < 1.29 is 22.0 Å². The highest BCUT2D eigenvalue weighted by molar-refractivity contribution is 7.92. The zero-order valence-electron chi connectivity index (χ0n) is 16.4. The number of hydrogen-bond acceptors (Lipinski definition) is 6. The Bertz CT molecular complexity index is 1240. The summed E-state index contributed by atoms with van der Waals surface area (Å²) in [7, 11) is -2.08. The van der Waals surface area contributed by atoms with Crippen molar-refractivity contribution in [1.82, 2.24) is 9.88 Å². The van der Waals surface area contributed by atoms with Gasteiger partial charge in [-0.25, -0.2) is 22.2 Å². The lowest BCUT2D eigenvalue weighted by Gasteiger charge is -2.20. The zero-order chi connectivity index (χ0) is 22.2. The number of carbonyl (C=O) groups is 1. The van der Waals surface area contributed by atoms with Crippen molar-refractivity contribution in [3.8, 4) is 0 Å². The van der Waals surface area contributed by atoms with E-state index in [-0.39, 0.29) is 11.6 Å². The molecule has 2 heterocycles. The Kier molecular flexibility index (Phi) is 5.73. The van der Waals surface area contributed by atoms with E-state index in [1.807, 2.05) is 7.05 Å². The lowest BCUT2D eigenvalue weighted by molar-refractivity contribution is 0.102. The summed E-state index contributed by atoms with van der Waals surface area (Å²) in [4.78, 5) is 19.9. The summed E-state index contributed by atoms with van der Waals surface area (Å²) in [5.41, 5.74) is 1.50. The fraction of sp³-hybridized carbons (Fsp3) is 0.200. The van der Waals surface area contributed by atoms with Gasteiger partial charge in [0.2, 0.25) is 0 Å². The Balaban J connectivity index is 1.44. The average Bonchev–Trinajstić information content (AvgIpc) is 3.11. The summed E-state index contributed by atoms with van der Waals surface area (Å²) >= 11 is 1.44. The molecule has 2 N–H and O–H groups in total. The van der Waals surface area contributed by atoms with Gasteiger partial charge in [0.05, 0.1) is 10.6 Å². The number of aromatic nitrogens is 1. The molecular formula is C20H18F2N4O3S2. The van der Waals surface area contributed by atoms with E-state index >= 15 is 0 Å². The Morgan fingerprint density at radius 2 is 1.87 bits per heavy atom. The molecule has 0 saturated carbocycles. The van der Waals surface area contributed by atoms with E-state index < -0.39 is 26.6 Å². The zero-order valence-corrected chi connectivity index (χ0v) is 18.0. The van der Waals surface area contributed by atoms with Crippen LogP contribution in [0.4, 0.5) is 19.6 Å². The molecule has 1 aliphatic rings.